The Labute approximate surface area is 79.4 Å². The van der Waals surface area contributed by atoms with Gasteiger partial charge in [-0.3, -0.25) is 0 Å². The molecule has 0 aliphatic heterocycles. The molecule has 0 saturated carbocycles. The molecular formula is C11H17NO. The van der Waals surface area contributed by atoms with Gasteiger partial charge in [-0.15, -0.1) is 0 Å². The molecule has 0 unspecified atom stereocenters. The van der Waals surface area contributed by atoms with E-state index in [2.05, 4.69) is 6.92 Å². The molecule has 0 aliphatic rings. The molecule has 0 radical (unpaired) electrons. The van der Waals surface area contributed by atoms with E-state index >= 15 is 0 Å². The van der Waals surface area contributed by atoms with Crippen molar-refractivity contribution in [3.8, 4) is 0 Å². The molecule has 0 fully saturated rings. The molecule has 13 heavy (non-hydrogen) atoms. The fraction of sp³-hybridized carbons (Fsp3) is 0.455. The second kappa shape index (κ2) is 4.87. The Bertz CT molecular complexity index is 260. The van der Waals surface area contributed by atoms with Gasteiger partial charge in [-0.1, -0.05) is 25.5 Å². The van der Waals surface area contributed by atoms with Crippen molar-refractivity contribution in [2.75, 3.05) is 5.73 Å². The average Bonchev–Trinajstić information content (AvgIpc) is 2.04. The summed E-state index contributed by atoms with van der Waals surface area (Å²) < 4.78 is 0. The molecule has 1 atom stereocenters. The van der Waals surface area contributed by atoms with Gasteiger partial charge in [0.05, 0.1) is 6.10 Å². The van der Waals surface area contributed by atoms with Crippen molar-refractivity contribution in [1.29, 1.82) is 0 Å². The highest BCUT2D eigenvalue weighted by Gasteiger charge is 2.03. The summed E-state index contributed by atoms with van der Waals surface area (Å²) in [7, 11) is 0. The number of nitrogen functional groups attached to an aromatic ring is 1. The molecular weight excluding hydrogens is 162 g/mol. The van der Waals surface area contributed by atoms with Crippen LogP contribution in [0.25, 0.3) is 0 Å². The fourth-order valence-corrected chi connectivity index (χ4v) is 1.43. The monoisotopic (exact) mass is 179 g/mol. The predicted molar refractivity (Wildman–Crippen MR) is 55.5 cm³/mol. The van der Waals surface area contributed by atoms with Gasteiger partial charge >= 0.3 is 0 Å². The Balaban J connectivity index is 2.53. The molecule has 0 amide bonds. The van der Waals surface area contributed by atoms with Gasteiger partial charge in [0.15, 0.2) is 0 Å². The van der Waals surface area contributed by atoms with Crippen molar-refractivity contribution in [2.45, 2.75) is 32.3 Å². The standard InChI is InChI=1S/C11H17NO/c1-2-4-11(13)8-9-5-3-6-10(12)7-9/h3,5-7,11,13H,2,4,8,12H2,1H3/t11-/m1/s1. The lowest BCUT2D eigenvalue weighted by Crippen LogP contribution is -2.09. The zero-order valence-electron chi connectivity index (χ0n) is 8.03. The molecule has 0 saturated heterocycles. The first-order valence-electron chi connectivity index (χ1n) is 4.75. The minimum absolute atomic E-state index is 0.230. The quantitative estimate of drug-likeness (QED) is 0.694. The summed E-state index contributed by atoms with van der Waals surface area (Å²) in [5, 5.41) is 9.55. The minimum atomic E-state index is -0.230. The predicted octanol–water partition coefficient (Wildman–Crippen LogP) is 1.97. The smallest absolute Gasteiger partial charge is 0.0580 e. The Kier molecular flexibility index (Phi) is 3.77. The van der Waals surface area contributed by atoms with Crippen LogP contribution in [-0.4, -0.2) is 11.2 Å². The van der Waals surface area contributed by atoms with Crippen LogP contribution in [0.15, 0.2) is 24.3 Å². The van der Waals surface area contributed by atoms with Gasteiger partial charge in [-0.05, 0) is 30.5 Å². The van der Waals surface area contributed by atoms with Crippen molar-refractivity contribution in [3.63, 3.8) is 0 Å². The van der Waals surface area contributed by atoms with Gasteiger partial charge in [-0.2, -0.15) is 0 Å². The third kappa shape index (κ3) is 3.47. The SMILES string of the molecule is CCC[C@@H](O)Cc1cccc(N)c1. The third-order valence-electron chi connectivity index (χ3n) is 2.04. The lowest BCUT2D eigenvalue weighted by molar-refractivity contribution is 0.164. The van der Waals surface area contributed by atoms with E-state index in [1.165, 1.54) is 0 Å². The largest absolute Gasteiger partial charge is 0.399 e. The first-order chi connectivity index (χ1) is 6.22. The van der Waals surface area contributed by atoms with Gasteiger partial charge < -0.3 is 10.8 Å². The molecule has 2 heteroatoms. The van der Waals surface area contributed by atoms with E-state index in [9.17, 15) is 5.11 Å². The molecule has 0 aliphatic carbocycles. The van der Waals surface area contributed by atoms with E-state index in [1.54, 1.807) is 0 Å². The number of rotatable bonds is 4. The van der Waals surface area contributed by atoms with Crippen LogP contribution >= 0.6 is 0 Å². The maximum absolute atomic E-state index is 9.55. The molecule has 0 heterocycles. The van der Waals surface area contributed by atoms with Crippen LogP contribution in [0.5, 0.6) is 0 Å². The Morgan fingerprint density at radius 1 is 1.46 bits per heavy atom. The molecule has 3 N–H and O–H groups in total. The first-order valence-corrected chi connectivity index (χ1v) is 4.75. The number of nitrogens with two attached hydrogens (primary N) is 1. The minimum Gasteiger partial charge on any atom is -0.399 e. The molecule has 1 aromatic carbocycles. The number of aliphatic hydroxyl groups excluding tert-OH is 1. The average molecular weight is 179 g/mol. The van der Waals surface area contributed by atoms with Gasteiger partial charge in [0.1, 0.15) is 0 Å². The molecule has 2 nitrogen and oxygen atoms in total. The van der Waals surface area contributed by atoms with Crippen molar-refractivity contribution in [1.82, 2.24) is 0 Å². The van der Waals surface area contributed by atoms with Gasteiger partial charge in [0, 0.05) is 5.69 Å². The molecule has 1 rings (SSSR count). The number of hydrogen-bond donors (Lipinski definition) is 2. The normalized spacial score (nSPS) is 12.8. The number of anilines is 1. The summed E-state index contributed by atoms with van der Waals surface area (Å²) in [6.07, 6.45) is 2.35. The second-order valence-corrected chi connectivity index (χ2v) is 3.39. The maximum Gasteiger partial charge on any atom is 0.0580 e. The summed E-state index contributed by atoms with van der Waals surface area (Å²) >= 11 is 0. The third-order valence-corrected chi connectivity index (χ3v) is 2.04. The van der Waals surface area contributed by atoms with Crippen molar-refractivity contribution in [3.05, 3.63) is 29.8 Å². The van der Waals surface area contributed by atoms with Crippen LogP contribution in [0.4, 0.5) is 5.69 Å². The van der Waals surface area contributed by atoms with Crippen LogP contribution in [-0.2, 0) is 6.42 Å². The van der Waals surface area contributed by atoms with Crippen molar-refractivity contribution in [2.24, 2.45) is 0 Å². The summed E-state index contributed by atoms with van der Waals surface area (Å²) in [6.45, 7) is 2.07. The Hall–Kier alpha value is -1.02. The number of aliphatic hydroxyl groups is 1. The van der Waals surface area contributed by atoms with E-state index in [0.29, 0.717) is 6.42 Å². The Morgan fingerprint density at radius 3 is 2.85 bits per heavy atom. The lowest BCUT2D eigenvalue weighted by atomic mass is 10.0. The zero-order chi connectivity index (χ0) is 9.68. The van der Waals surface area contributed by atoms with Crippen LogP contribution in [0, 0.1) is 0 Å². The maximum atomic E-state index is 9.55. The van der Waals surface area contributed by atoms with Crippen LogP contribution < -0.4 is 5.73 Å². The van der Waals surface area contributed by atoms with Crippen molar-refractivity contribution >= 4 is 5.69 Å². The van der Waals surface area contributed by atoms with E-state index in [4.69, 9.17) is 5.73 Å². The van der Waals surface area contributed by atoms with E-state index < -0.39 is 0 Å². The van der Waals surface area contributed by atoms with Gasteiger partial charge in [0.25, 0.3) is 0 Å². The highest BCUT2D eigenvalue weighted by Crippen LogP contribution is 2.10. The molecule has 0 aromatic heterocycles. The van der Waals surface area contributed by atoms with Crippen molar-refractivity contribution < 1.29 is 5.11 Å². The number of hydrogen-bond acceptors (Lipinski definition) is 2. The van der Waals surface area contributed by atoms with Gasteiger partial charge in [-0.25, -0.2) is 0 Å². The fourth-order valence-electron chi connectivity index (χ4n) is 1.43. The van der Waals surface area contributed by atoms with E-state index in [0.717, 1.165) is 24.1 Å². The number of benzene rings is 1. The second-order valence-electron chi connectivity index (χ2n) is 3.39. The van der Waals surface area contributed by atoms with E-state index in [1.807, 2.05) is 24.3 Å². The molecule has 1 aromatic rings. The summed E-state index contributed by atoms with van der Waals surface area (Å²) in [4.78, 5) is 0. The van der Waals surface area contributed by atoms with Crippen LogP contribution in [0.3, 0.4) is 0 Å². The summed E-state index contributed by atoms with van der Waals surface area (Å²) in [6, 6.07) is 7.69. The molecule has 0 bridgehead atoms. The van der Waals surface area contributed by atoms with Crippen LogP contribution in [0.2, 0.25) is 0 Å². The van der Waals surface area contributed by atoms with E-state index in [-0.39, 0.29) is 6.10 Å². The highest BCUT2D eigenvalue weighted by molar-refractivity contribution is 5.40. The first kappa shape index (κ1) is 10.1. The lowest BCUT2D eigenvalue weighted by Gasteiger charge is -2.09. The van der Waals surface area contributed by atoms with Crippen LogP contribution in [0.1, 0.15) is 25.3 Å². The van der Waals surface area contributed by atoms with Gasteiger partial charge in [0.2, 0.25) is 0 Å². The zero-order valence-corrected chi connectivity index (χ0v) is 8.03. The Morgan fingerprint density at radius 2 is 2.23 bits per heavy atom. The summed E-state index contributed by atoms with van der Waals surface area (Å²) in [5.74, 6) is 0. The summed E-state index contributed by atoms with van der Waals surface area (Å²) in [5.41, 5.74) is 7.50. The molecule has 0 spiro atoms. The topological polar surface area (TPSA) is 46.2 Å². The highest BCUT2D eigenvalue weighted by atomic mass is 16.3. The molecule has 72 valence electrons.